The molecule has 0 bridgehead atoms. The SMILES string of the molecule is C[C@@H](Nc1ncc2c(n1)CCCC=C2c1ccn2nccc2c1)C1CC1. The second kappa shape index (κ2) is 6.24. The van der Waals surface area contributed by atoms with Crippen LogP contribution in [0.2, 0.25) is 0 Å². The molecule has 0 spiro atoms. The van der Waals surface area contributed by atoms with Gasteiger partial charge in [-0.3, -0.25) is 0 Å². The standard InChI is InChI=1S/C21H23N5/c1-14(15-6-7-15)24-21-22-13-19-18(4-2-3-5-20(19)25-21)16-9-11-26-17(12-16)8-10-23-26/h4,8-15H,2-3,5-7H2,1H3,(H,22,24,25)/t14-/m1/s1. The van der Waals surface area contributed by atoms with Gasteiger partial charge in [0.15, 0.2) is 0 Å². The fraction of sp³-hybridized carbons (Fsp3) is 0.381. The Morgan fingerprint density at radius 2 is 2.19 bits per heavy atom. The molecular weight excluding hydrogens is 322 g/mol. The summed E-state index contributed by atoms with van der Waals surface area (Å²) in [6.45, 7) is 2.23. The van der Waals surface area contributed by atoms with Gasteiger partial charge in [0, 0.05) is 30.2 Å². The summed E-state index contributed by atoms with van der Waals surface area (Å²) in [5.41, 5.74) is 5.87. The number of nitrogens with one attached hydrogen (secondary N) is 1. The van der Waals surface area contributed by atoms with Gasteiger partial charge in [0.25, 0.3) is 0 Å². The quantitative estimate of drug-likeness (QED) is 0.773. The van der Waals surface area contributed by atoms with Gasteiger partial charge in [0.05, 0.1) is 11.2 Å². The number of anilines is 1. The van der Waals surface area contributed by atoms with E-state index in [2.05, 4.69) is 40.5 Å². The van der Waals surface area contributed by atoms with E-state index in [0.717, 1.165) is 47.9 Å². The molecule has 1 saturated carbocycles. The fourth-order valence-electron chi connectivity index (χ4n) is 3.81. The fourth-order valence-corrected chi connectivity index (χ4v) is 3.81. The number of hydrogen-bond donors (Lipinski definition) is 1. The number of fused-ring (bicyclic) bond motifs is 2. The molecule has 26 heavy (non-hydrogen) atoms. The van der Waals surface area contributed by atoms with Crippen molar-refractivity contribution in [3.05, 3.63) is 59.7 Å². The maximum atomic E-state index is 4.87. The highest BCUT2D eigenvalue weighted by Gasteiger charge is 2.28. The Morgan fingerprint density at radius 3 is 3.08 bits per heavy atom. The van der Waals surface area contributed by atoms with Crippen molar-refractivity contribution < 1.29 is 0 Å². The van der Waals surface area contributed by atoms with Gasteiger partial charge in [-0.05, 0) is 74.3 Å². The van der Waals surface area contributed by atoms with Gasteiger partial charge in [-0.2, -0.15) is 5.10 Å². The Balaban J connectivity index is 1.50. The van der Waals surface area contributed by atoms with Crippen LogP contribution in [-0.4, -0.2) is 25.6 Å². The minimum absolute atomic E-state index is 0.457. The minimum Gasteiger partial charge on any atom is -0.351 e. The van der Waals surface area contributed by atoms with Crippen LogP contribution in [0.15, 0.2) is 42.9 Å². The number of aryl methyl sites for hydroxylation is 1. The Hall–Kier alpha value is -2.69. The number of nitrogens with zero attached hydrogens (tertiary/aromatic N) is 4. The van der Waals surface area contributed by atoms with Gasteiger partial charge in [-0.1, -0.05) is 6.08 Å². The van der Waals surface area contributed by atoms with Gasteiger partial charge < -0.3 is 5.32 Å². The summed E-state index contributed by atoms with van der Waals surface area (Å²) in [5.74, 6) is 1.56. The molecule has 2 aliphatic carbocycles. The Labute approximate surface area is 153 Å². The highest BCUT2D eigenvalue weighted by Crippen LogP contribution is 2.34. The average molecular weight is 345 g/mol. The van der Waals surface area contributed by atoms with Crippen molar-refractivity contribution in [1.82, 2.24) is 19.6 Å². The van der Waals surface area contributed by atoms with E-state index in [1.165, 1.54) is 24.0 Å². The van der Waals surface area contributed by atoms with Gasteiger partial charge in [0.2, 0.25) is 5.95 Å². The molecule has 0 unspecified atom stereocenters. The first-order chi connectivity index (χ1) is 12.8. The van der Waals surface area contributed by atoms with E-state index in [-0.39, 0.29) is 0 Å². The molecule has 3 heterocycles. The first kappa shape index (κ1) is 15.6. The van der Waals surface area contributed by atoms with Crippen molar-refractivity contribution in [1.29, 1.82) is 0 Å². The lowest BCUT2D eigenvalue weighted by Gasteiger charge is -2.15. The summed E-state index contributed by atoms with van der Waals surface area (Å²) < 4.78 is 1.89. The molecule has 0 radical (unpaired) electrons. The zero-order valence-corrected chi connectivity index (χ0v) is 15.0. The predicted octanol–water partition coefficient (Wildman–Crippen LogP) is 4.10. The van der Waals surface area contributed by atoms with Gasteiger partial charge in [-0.15, -0.1) is 0 Å². The maximum absolute atomic E-state index is 4.87. The van der Waals surface area contributed by atoms with Crippen molar-refractivity contribution >= 4 is 17.0 Å². The number of pyridine rings is 1. The highest BCUT2D eigenvalue weighted by molar-refractivity contribution is 5.82. The van der Waals surface area contributed by atoms with Gasteiger partial charge in [0.1, 0.15) is 0 Å². The first-order valence-electron chi connectivity index (χ1n) is 9.55. The summed E-state index contributed by atoms with van der Waals surface area (Å²) in [4.78, 5) is 9.50. The lowest BCUT2D eigenvalue weighted by Crippen LogP contribution is -2.19. The largest absolute Gasteiger partial charge is 0.351 e. The van der Waals surface area contributed by atoms with Crippen LogP contribution in [0.3, 0.4) is 0 Å². The Kier molecular flexibility index (Phi) is 3.73. The summed E-state index contributed by atoms with van der Waals surface area (Å²) in [6, 6.07) is 6.81. The summed E-state index contributed by atoms with van der Waals surface area (Å²) in [7, 11) is 0. The van der Waals surface area contributed by atoms with Gasteiger partial charge >= 0.3 is 0 Å². The van der Waals surface area contributed by atoms with E-state index >= 15 is 0 Å². The van der Waals surface area contributed by atoms with E-state index in [4.69, 9.17) is 4.98 Å². The maximum Gasteiger partial charge on any atom is 0.223 e. The predicted molar refractivity (Wildman–Crippen MR) is 103 cm³/mol. The topological polar surface area (TPSA) is 55.1 Å². The second-order valence-corrected chi connectivity index (χ2v) is 7.45. The molecule has 5 nitrogen and oxygen atoms in total. The molecule has 0 saturated heterocycles. The molecular formula is C21H23N5. The average Bonchev–Trinajstić information content (AvgIpc) is 3.43. The number of aromatic nitrogens is 4. The third-order valence-electron chi connectivity index (χ3n) is 5.52. The van der Waals surface area contributed by atoms with Crippen LogP contribution in [0, 0.1) is 5.92 Å². The third-order valence-corrected chi connectivity index (χ3v) is 5.52. The lowest BCUT2D eigenvalue weighted by atomic mass is 9.98. The van der Waals surface area contributed by atoms with Crippen molar-refractivity contribution in [2.24, 2.45) is 5.92 Å². The first-order valence-corrected chi connectivity index (χ1v) is 9.55. The normalized spacial score (nSPS) is 18.1. The van der Waals surface area contributed by atoms with Crippen LogP contribution < -0.4 is 5.32 Å². The molecule has 1 N–H and O–H groups in total. The van der Waals surface area contributed by atoms with E-state index in [1.54, 1.807) is 0 Å². The third kappa shape index (κ3) is 2.87. The summed E-state index contributed by atoms with van der Waals surface area (Å²) in [5, 5.41) is 7.79. The van der Waals surface area contributed by atoms with Crippen LogP contribution in [0.25, 0.3) is 11.1 Å². The molecule has 1 fully saturated rings. The molecule has 3 aromatic rings. The molecule has 0 amide bonds. The number of rotatable bonds is 4. The van der Waals surface area contributed by atoms with Crippen LogP contribution in [0.5, 0.6) is 0 Å². The monoisotopic (exact) mass is 345 g/mol. The minimum atomic E-state index is 0.457. The second-order valence-electron chi connectivity index (χ2n) is 7.45. The molecule has 5 heteroatoms. The van der Waals surface area contributed by atoms with E-state index in [0.29, 0.717) is 6.04 Å². The molecule has 0 aliphatic heterocycles. The lowest BCUT2D eigenvalue weighted by molar-refractivity contribution is 0.684. The zero-order chi connectivity index (χ0) is 17.5. The van der Waals surface area contributed by atoms with Crippen molar-refractivity contribution in [3.8, 4) is 0 Å². The van der Waals surface area contributed by atoms with Crippen LogP contribution in [0.1, 0.15) is 49.4 Å². The van der Waals surface area contributed by atoms with E-state index in [1.807, 2.05) is 29.2 Å². The highest BCUT2D eigenvalue weighted by atomic mass is 15.2. The molecule has 3 aromatic heterocycles. The molecule has 0 aromatic carbocycles. The zero-order valence-electron chi connectivity index (χ0n) is 15.0. The number of allylic oxidation sites excluding steroid dienone is 1. The summed E-state index contributed by atoms with van der Waals surface area (Å²) >= 11 is 0. The molecule has 1 atom stereocenters. The smallest absolute Gasteiger partial charge is 0.223 e. The van der Waals surface area contributed by atoms with Crippen LogP contribution in [0.4, 0.5) is 5.95 Å². The Bertz CT molecular complexity index is 983. The summed E-state index contributed by atoms with van der Waals surface area (Å²) in [6.07, 6.45) is 14.0. The van der Waals surface area contributed by atoms with Crippen LogP contribution >= 0.6 is 0 Å². The molecule has 132 valence electrons. The van der Waals surface area contributed by atoms with E-state index in [9.17, 15) is 0 Å². The van der Waals surface area contributed by atoms with E-state index < -0.39 is 0 Å². The molecule has 2 aliphatic rings. The molecule has 5 rings (SSSR count). The van der Waals surface area contributed by atoms with Crippen molar-refractivity contribution in [3.63, 3.8) is 0 Å². The van der Waals surface area contributed by atoms with Crippen molar-refractivity contribution in [2.75, 3.05) is 5.32 Å². The van der Waals surface area contributed by atoms with Gasteiger partial charge in [-0.25, -0.2) is 14.5 Å². The Morgan fingerprint density at radius 1 is 1.27 bits per heavy atom. The van der Waals surface area contributed by atoms with Crippen molar-refractivity contribution in [2.45, 2.75) is 45.1 Å². The number of hydrogen-bond acceptors (Lipinski definition) is 4. The van der Waals surface area contributed by atoms with Crippen LogP contribution in [-0.2, 0) is 6.42 Å².